The number of likely N-dealkylation sites (tertiary alicyclic amines) is 1. The lowest BCUT2D eigenvalue weighted by Gasteiger charge is -2.56. The van der Waals surface area contributed by atoms with Crippen LogP contribution >= 0.6 is 0 Å². The van der Waals surface area contributed by atoms with E-state index < -0.39 is 53.3 Å². The molecule has 4 rings (SSSR count). The Bertz CT molecular complexity index is 1120. The smallest absolute Gasteiger partial charge is 0.316 e. The lowest BCUT2D eigenvalue weighted by atomic mass is 9.73. The number of carbonyl (C=O) groups is 4. The highest BCUT2D eigenvalue weighted by atomic mass is 16.8. The van der Waals surface area contributed by atoms with Gasteiger partial charge in [0.15, 0.2) is 11.6 Å². The molecule has 4 aliphatic heterocycles. The number of esters is 1. The number of hydrogen-bond donors (Lipinski definition) is 1. The Morgan fingerprint density at radius 3 is 2.46 bits per heavy atom. The summed E-state index contributed by atoms with van der Waals surface area (Å²) in [4.78, 5) is 51.3. The monoisotopic (exact) mass is 517 g/mol. The number of methoxy groups -OCH3 is 1. The molecule has 0 unspecified atom stereocenters. The molecule has 0 radical (unpaired) electrons. The second-order valence-corrected chi connectivity index (χ2v) is 10.8. The summed E-state index contributed by atoms with van der Waals surface area (Å²) in [6, 6.07) is 0. The van der Waals surface area contributed by atoms with Gasteiger partial charge >= 0.3 is 5.97 Å². The average molecular weight is 518 g/mol. The summed E-state index contributed by atoms with van der Waals surface area (Å²) in [5.74, 6) is -4.83. The highest BCUT2D eigenvalue weighted by molar-refractivity contribution is 6.25. The van der Waals surface area contributed by atoms with Crippen LogP contribution in [0, 0.1) is 17.8 Å². The predicted molar refractivity (Wildman–Crippen MR) is 130 cm³/mol. The number of rotatable bonds is 5. The van der Waals surface area contributed by atoms with Crippen LogP contribution < -0.4 is 0 Å². The maximum Gasteiger partial charge on any atom is 0.316 e. The lowest BCUT2D eigenvalue weighted by Crippen LogP contribution is -2.71. The van der Waals surface area contributed by atoms with Gasteiger partial charge in [-0.05, 0) is 26.8 Å². The molecule has 8 atom stereocenters. The van der Waals surface area contributed by atoms with Gasteiger partial charge in [-0.1, -0.05) is 31.6 Å². The van der Waals surface area contributed by atoms with Gasteiger partial charge in [0, 0.05) is 25.3 Å². The number of ether oxygens (including phenoxy) is 4. The molecular formula is C27H35NO9. The summed E-state index contributed by atoms with van der Waals surface area (Å²) < 4.78 is 24.1. The summed E-state index contributed by atoms with van der Waals surface area (Å²) in [6.45, 7) is 9.05. The van der Waals surface area contributed by atoms with Gasteiger partial charge in [0.05, 0.1) is 25.9 Å². The number of Topliss-reactive ketones (excluding diaryl/α,β-unsaturated/α-hetero) is 2. The van der Waals surface area contributed by atoms with Crippen molar-refractivity contribution in [3.63, 3.8) is 0 Å². The third-order valence-corrected chi connectivity index (χ3v) is 7.98. The average Bonchev–Trinajstić information content (AvgIpc) is 3.20. The maximum atomic E-state index is 13.1. The fourth-order valence-corrected chi connectivity index (χ4v) is 6.20. The quantitative estimate of drug-likeness (QED) is 0.191. The minimum Gasteiger partial charge on any atom is -0.507 e. The summed E-state index contributed by atoms with van der Waals surface area (Å²) in [5, 5.41) is 10.3. The van der Waals surface area contributed by atoms with Crippen LogP contribution in [0.4, 0.5) is 0 Å². The second-order valence-electron chi connectivity index (χ2n) is 10.8. The molecule has 0 saturated carbocycles. The van der Waals surface area contributed by atoms with Crippen LogP contribution in [0.5, 0.6) is 0 Å². The summed E-state index contributed by atoms with van der Waals surface area (Å²) in [7, 11) is 2.80. The van der Waals surface area contributed by atoms with Gasteiger partial charge in [-0.2, -0.15) is 0 Å². The van der Waals surface area contributed by atoms with Gasteiger partial charge in [-0.15, -0.1) is 0 Å². The molecular weight excluding hydrogens is 482 g/mol. The zero-order valence-electron chi connectivity index (χ0n) is 22.3. The fraction of sp³-hybridized carbons (Fsp3) is 0.630. The van der Waals surface area contributed by atoms with Crippen LogP contribution in [0.2, 0.25) is 0 Å². The third-order valence-electron chi connectivity index (χ3n) is 7.98. The Morgan fingerprint density at radius 1 is 1.19 bits per heavy atom. The highest BCUT2D eigenvalue weighted by Gasteiger charge is 2.74. The second kappa shape index (κ2) is 9.49. The molecule has 1 N–H and O–H groups in total. The molecule has 10 heteroatoms. The van der Waals surface area contributed by atoms with Crippen molar-refractivity contribution in [1.82, 2.24) is 4.90 Å². The zero-order chi connectivity index (χ0) is 27.4. The van der Waals surface area contributed by atoms with E-state index in [2.05, 4.69) is 0 Å². The van der Waals surface area contributed by atoms with E-state index in [4.69, 9.17) is 18.9 Å². The topological polar surface area (TPSA) is 129 Å². The number of carbonyl (C=O) groups excluding carboxylic acids is 4. The minimum atomic E-state index is -1.47. The first kappa shape index (κ1) is 27.2. The largest absolute Gasteiger partial charge is 0.507 e. The molecule has 1 amide bonds. The Labute approximate surface area is 216 Å². The molecule has 2 bridgehead atoms. The number of hydrogen-bond acceptors (Lipinski definition) is 9. The Kier molecular flexibility index (Phi) is 6.98. The van der Waals surface area contributed by atoms with Gasteiger partial charge < -0.3 is 29.0 Å². The molecule has 4 aliphatic rings. The van der Waals surface area contributed by atoms with Crippen molar-refractivity contribution >= 4 is 23.4 Å². The SMILES string of the molecule is COC(=O)[C@H]1[C@@H](C)O[C@@]2(C)CC(=O)[C@@H]3O[C@@]12O[C@H]([C@H](C)/C=C(C)/C=C/C(O)=C1/C(=O)CN(C)C1=O)[C@H]3C. The van der Waals surface area contributed by atoms with E-state index in [-0.39, 0.29) is 41.9 Å². The Hall–Kier alpha value is -2.82. The van der Waals surface area contributed by atoms with Crippen molar-refractivity contribution in [1.29, 1.82) is 0 Å². The Morgan fingerprint density at radius 2 is 1.86 bits per heavy atom. The van der Waals surface area contributed by atoms with Crippen molar-refractivity contribution in [3.05, 3.63) is 35.1 Å². The summed E-state index contributed by atoms with van der Waals surface area (Å²) in [6.07, 6.45) is 3.07. The van der Waals surface area contributed by atoms with E-state index in [1.54, 1.807) is 19.9 Å². The van der Waals surface area contributed by atoms with Crippen molar-refractivity contribution in [2.24, 2.45) is 17.8 Å². The summed E-state index contributed by atoms with van der Waals surface area (Å²) in [5.41, 5.74) is -0.637. The lowest BCUT2D eigenvalue weighted by molar-refractivity contribution is -0.387. The van der Waals surface area contributed by atoms with E-state index in [1.807, 2.05) is 26.8 Å². The van der Waals surface area contributed by atoms with Gasteiger partial charge in [0.1, 0.15) is 29.0 Å². The number of aliphatic hydroxyl groups is 1. The molecule has 4 fully saturated rings. The van der Waals surface area contributed by atoms with E-state index in [1.165, 1.54) is 25.1 Å². The normalized spacial score (nSPS) is 40.3. The van der Waals surface area contributed by atoms with Gasteiger partial charge in [0.25, 0.3) is 5.91 Å². The van der Waals surface area contributed by atoms with E-state index >= 15 is 0 Å². The Balaban J connectivity index is 1.62. The number of amides is 1. The number of aliphatic hydroxyl groups excluding tert-OH is 1. The number of allylic oxidation sites excluding steroid dienone is 3. The van der Waals surface area contributed by atoms with E-state index in [0.29, 0.717) is 0 Å². The number of nitrogens with zero attached hydrogens (tertiary/aromatic N) is 1. The number of likely N-dealkylation sites (N-methyl/N-ethyl adjacent to an activating group) is 1. The molecule has 1 spiro atoms. The van der Waals surface area contributed by atoms with Gasteiger partial charge in [-0.3, -0.25) is 19.2 Å². The van der Waals surface area contributed by atoms with Gasteiger partial charge in [0.2, 0.25) is 5.79 Å². The number of fused-ring (bicyclic) bond motifs is 1. The molecule has 0 aromatic rings. The molecule has 0 aromatic heterocycles. The molecule has 0 aliphatic carbocycles. The summed E-state index contributed by atoms with van der Waals surface area (Å²) >= 11 is 0. The van der Waals surface area contributed by atoms with Crippen LogP contribution in [-0.2, 0) is 38.1 Å². The first-order valence-corrected chi connectivity index (χ1v) is 12.5. The van der Waals surface area contributed by atoms with Crippen molar-refractivity contribution in [2.45, 2.75) is 70.7 Å². The molecule has 0 aromatic carbocycles. The molecule has 202 valence electrons. The van der Waals surface area contributed by atoms with Crippen molar-refractivity contribution < 1.29 is 43.2 Å². The first-order chi connectivity index (χ1) is 17.3. The molecule has 37 heavy (non-hydrogen) atoms. The van der Waals surface area contributed by atoms with Crippen molar-refractivity contribution in [3.8, 4) is 0 Å². The third kappa shape index (κ3) is 4.24. The zero-order valence-corrected chi connectivity index (χ0v) is 22.3. The minimum absolute atomic E-state index is 0.0631. The predicted octanol–water partition coefficient (Wildman–Crippen LogP) is 2.03. The van der Waals surface area contributed by atoms with Crippen LogP contribution in [0.15, 0.2) is 35.1 Å². The fourth-order valence-electron chi connectivity index (χ4n) is 6.20. The first-order valence-electron chi connectivity index (χ1n) is 12.5. The van der Waals surface area contributed by atoms with Crippen LogP contribution in [0.1, 0.15) is 41.0 Å². The molecule has 4 saturated heterocycles. The van der Waals surface area contributed by atoms with Crippen LogP contribution in [0.25, 0.3) is 0 Å². The van der Waals surface area contributed by atoms with Gasteiger partial charge in [-0.25, -0.2) is 0 Å². The van der Waals surface area contributed by atoms with Crippen LogP contribution in [-0.4, -0.2) is 83.9 Å². The standard InChI is InChI=1S/C27H35NO9/c1-13(8-9-17(29)20-19(31)12-28(6)24(20)32)10-14(2)22-15(3)23-18(30)11-26(5)27(36-22,37-23)21(16(4)35-26)25(33)34-7/h8-10,14-16,21-23,29H,11-12H2,1-7H3/b9-8+,13-10+,20-17+/t14-,15-,16-,21-,22-,23-,26+,27+/m1/s1. The van der Waals surface area contributed by atoms with E-state index in [0.717, 1.165) is 5.57 Å². The number of ketones is 2. The highest BCUT2D eigenvalue weighted by Crippen LogP contribution is 2.57. The van der Waals surface area contributed by atoms with E-state index in [9.17, 15) is 24.3 Å². The molecule has 4 heterocycles. The van der Waals surface area contributed by atoms with Crippen LogP contribution in [0.3, 0.4) is 0 Å². The van der Waals surface area contributed by atoms with Crippen molar-refractivity contribution in [2.75, 3.05) is 20.7 Å². The molecule has 10 nitrogen and oxygen atoms in total. The maximum absolute atomic E-state index is 13.1.